The van der Waals surface area contributed by atoms with Gasteiger partial charge >= 0.3 is 0 Å². The largest absolute Gasteiger partial charge is 0.330 e. The number of hydrogen-bond acceptors (Lipinski definition) is 4. The van der Waals surface area contributed by atoms with E-state index < -0.39 is 10.0 Å². The molecule has 2 N–H and O–H groups in total. The van der Waals surface area contributed by atoms with Crippen molar-refractivity contribution in [2.24, 2.45) is 5.73 Å². The Balaban J connectivity index is 2.58. The van der Waals surface area contributed by atoms with Crippen LogP contribution in [0.5, 0.6) is 0 Å². The third kappa shape index (κ3) is 3.18. The Kier molecular flexibility index (Phi) is 4.83. The summed E-state index contributed by atoms with van der Waals surface area (Å²) in [7, 11) is -2.07. The van der Waals surface area contributed by atoms with Crippen molar-refractivity contribution in [3.63, 3.8) is 0 Å². The number of hydrogen-bond donors (Lipinski definition) is 1. The normalized spacial score (nSPS) is 12.2. The highest BCUT2D eigenvalue weighted by atomic mass is 35.5. The van der Waals surface area contributed by atoms with Gasteiger partial charge in [0.1, 0.15) is 10.0 Å². The van der Waals surface area contributed by atoms with Crippen LogP contribution in [0.2, 0.25) is 5.15 Å². The van der Waals surface area contributed by atoms with E-state index in [1.54, 1.807) is 19.2 Å². The minimum Gasteiger partial charge on any atom is -0.330 e. The Hall–Kier alpha value is -1.21. The molecule has 0 spiro atoms. The lowest BCUT2D eigenvalue weighted by atomic mass is 10.2. The van der Waals surface area contributed by atoms with Gasteiger partial charge in [0, 0.05) is 19.0 Å². The maximum atomic E-state index is 12.7. The number of halogens is 1. The third-order valence-corrected chi connectivity index (χ3v) is 5.57. The van der Waals surface area contributed by atoms with Crippen molar-refractivity contribution in [2.75, 3.05) is 20.1 Å². The first-order chi connectivity index (χ1) is 9.87. The summed E-state index contributed by atoms with van der Waals surface area (Å²) >= 11 is 6.04. The molecule has 0 aliphatic heterocycles. The van der Waals surface area contributed by atoms with Gasteiger partial charge in [-0.1, -0.05) is 23.7 Å². The van der Waals surface area contributed by atoms with Crippen molar-refractivity contribution >= 4 is 32.5 Å². The molecule has 0 radical (unpaired) electrons. The molecule has 0 aliphatic carbocycles. The van der Waals surface area contributed by atoms with Crippen LogP contribution in [-0.4, -0.2) is 37.8 Å². The van der Waals surface area contributed by atoms with E-state index in [1.165, 1.54) is 4.31 Å². The predicted octanol–water partition coefficient (Wildman–Crippen LogP) is 2.17. The molecule has 2 aromatic rings. The molecule has 0 amide bonds. The number of rotatable bonds is 5. The van der Waals surface area contributed by atoms with Gasteiger partial charge in [-0.25, -0.2) is 17.7 Å². The summed E-state index contributed by atoms with van der Waals surface area (Å²) in [6.45, 7) is 2.65. The number of fused-ring (bicyclic) bond motifs is 1. The van der Waals surface area contributed by atoms with Crippen molar-refractivity contribution in [1.29, 1.82) is 0 Å². The summed E-state index contributed by atoms with van der Waals surface area (Å²) in [5.74, 6) is 0. The molecule has 0 saturated heterocycles. The van der Waals surface area contributed by atoms with Crippen LogP contribution < -0.4 is 5.73 Å². The fourth-order valence-electron chi connectivity index (χ4n) is 2.06. The fourth-order valence-corrected chi connectivity index (χ4v) is 3.57. The number of nitrogens with two attached hydrogens (primary N) is 1. The van der Waals surface area contributed by atoms with E-state index in [2.05, 4.69) is 4.98 Å². The molecular formula is C14H18ClN3O2S. The molecule has 0 unspecified atom stereocenters. The first-order valence-corrected chi connectivity index (χ1v) is 8.42. The van der Waals surface area contributed by atoms with Crippen LogP contribution in [0.25, 0.3) is 10.9 Å². The molecule has 0 aliphatic rings. The number of sulfonamides is 1. The highest BCUT2D eigenvalue weighted by Crippen LogP contribution is 2.27. The minimum absolute atomic E-state index is 0.168. The zero-order valence-electron chi connectivity index (χ0n) is 12.0. The zero-order chi connectivity index (χ0) is 15.6. The molecule has 5 nitrogen and oxygen atoms in total. The maximum absolute atomic E-state index is 12.7. The fraction of sp³-hybridized carbons (Fsp3) is 0.357. The Morgan fingerprint density at radius 2 is 2.10 bits per heavy atom. The molecule has 1 aromatic carbocycles. The Labute approximate surface area is 129 Å². The van der Waals surface area contributed by atoms with Crippen molar-refractivity contribution in [1.82, 2.24) is 9.29 Å². The third-order valence-electron chi connectivity index (χ3n) is 3.30. The first kappa shape index (κ1) is 16.2. The van der Waals surface area contributed by atoms with E-state index in [1.807, 2.05) is 19.1 Å². The lowest BCUT2D eigenvalue weighted by Crippen LogP contribution is -2.29. The molecule has 1 aromatic heterocycles. The smallest absolute Gasteiger partial charge is 0.244 e. The van der Waals surface area contributed by atoms with E-state index >= 15 is 0 Å². The van der Waals surface area contributed by atoms with Gasteiger partial charge in [-0.15, -0.1) is 0 Å². The van der Waals surface area contributed by atoms with Gasteiger partial charge in [-0.3, -0.25) is 0 Å². The van der Waals surface area contributed by atoms with Crippen LogP contribution in [0.4, 0.5) is 0 Å². The van der Waals surface area contributed by atoms with Crippen molar-refractivity contribution in [2.45, 2.75) is 18.2 Å². The van der Waals surface area contributed by atoms with E-state index in [9.17, 15) is 8.42 Å². The molecule has 21 heavy (non-hydrogen) atoms. The van der Waals surface area contributed by atoms with Gasteiger partial charge in [0.25, 0.3) is 0 Å². The van der Waals surface area contributed by atoms with Crippen molar-refractivity contribution in [3.05, 3.63) is 35.0 Å². The van der Waals surface area contributed by atoms with E-state index in [0.717, 1.165) is 10.9 Å². The highest BCUT2D eigenvalue weighted by Gasteiger charge is 2.23. The summed E-state index contributed by atoms with van der Waals surface area (Å²) in [5, 5.41) is 1.07. The number of para-hydroxylation sites is 1. The van der Waals surface area contributed by atoms with E-state index in [-0.39, 0.29) is 4.90 Å². The van der Waals surface area contributed by atoms with Crippen molar-refractivity contribution in [3.8, 4) is 0 Å². The summed E-state index contributed by atoms with van der Waals surface area (Å²) in [4.78, 5) is 4.41. The number of aryl methyl sites for hydroxylation is 1. The molecule has 2 rings (SSSR count). The van der Waals surface area contributed by atoms with Crippen LogP contribution in [-0.2, 0) is 10.0 Å². The second-order valence-corrected chi connectivity index (χ2v) is 7.26. The number of nitrogens with zero attached hydrogens (tertiary/aromatic N) is 2. The lowest BCUT2D eigenvalue weighted by Gasteiger charge is -2.18. The molecule has 0 atom stereocenters. The van der Waals surface area contributed by atoms with E-state index in [4.69, 9.17) is 17.3 Å². The van der Waals surface area contributed by atoms with Gasteiger partial charge in [-0.05, 0) is 37.6 Å². The number of pyridine rings is 1. The van der Waals surface area contributed by atoms with Gasteiger partial charge < -0.3 is 5.73 Å². The zero-order valence-corrected chi connectivity index (χ0v) is 13.6. The van der Waals surface area contributed by atoms with E-state index in [0.29, 0.717) is 30.2 Å². The van der Waals surface area contributed by atoms with Crippen LogP contribution in [0.3, 0.4) is 0 Å². The Morgan fingerprint density at radius 1 is 1.38 bits per heavy atom. The first-order valence-electron chi connectivity index (χ1n) is 6.60. The molecular weight excluding hydrogens is 310 g/mol. The average molecular weight is 328 g/mol. The quantitative estimate of drug-likeness (QED) is 0.854. The monoisotopic (exact) mass is 327 g/mol. The number of benzene rings is 1. The van der Waals surface area contributed by atoms with Crippen molar-refractivity contribution < 1.29 is 8.42 Å². The Bertz CT molecular complexity index is 762. The molecule has 0 saturated carbocycles. The summed E-state index contributed by atoms with van der Waals surface area (Å²) in [6, 6.07) is 6.92. The molecule has 0 fully saturated rings. The molecule has 7 heteroatoms. The SMILES string of the molecule is Cc1cc2cccc(S(=O)(=O)N(C)CCCN)c2nc1Cl. The molecule has 1 heterocycles. The summed E-state index contributed by atoms with van der Waals surface area (Å²) in [6.07, 6.45) is 0.605. The van der Waals surface area contributed by atoms with Crippen LogP contribution >= 0.6 is 11.6 Å². The van der Waals surface area contributed by atoms with Gasteiger partial charge in [-0.2, -0.15) is 0 Å². The Morgan fingerprint density at radius 3 is 2.76 bits per heavy atom. The molecule has 114 valence electrons. The van der Waals surface area contributed by atoms with Gasteiger partial charge in [0.05, 0.1) is 5.52 Å². The van der Waals surface area contributed by atoms with Crippen LogP contribution in [0, 0.1) is 6.92 Å². The number of aromatic nitrogens is 1. The van der Waals surface area contributed by atoms with Crippen LogP contribution in [0.15, 0.2) is 29.2 Å². The predicted molar refractivity (Wildman–Crippen MR) is 85.0 cm³/mol. The second kappa shape index (κ2) is 6.27. The second-order valence-electron chi connectivity index (χ2n) is 4.89. The average Bonchev–Trinajstić information content (AvgIpc) is 2.45. The van der Waals surface area contributed by atoms with Gasteiger partial charge in [0.2, 0.25) is 10.0 Å². The standard InChI is InChI=1S/C14H18ClN3O2S/c1-10-9-11-5-3-6-12(13(11)17-14(10)15)21(19,20)18(2)8-4-7-16/h3,5-6,9H,4,7-8,16H2,1-2H3. The van der Waals surface area contributed by atoms with Gasteiger partial charge in [0.15, 0.2) is 0 Å². The highest BCUT2D eigenvalue weighted by molar-refractivity contribution is 7.89. The van der Waals surface area contributed by atoms with Crippen LogP contribution in [0.1, 0.15) is 12.0 Å². The maximum Gasteiger partial charge on any atom is 0.244 e. The molecule has 0 bridgehead atoms. The summed E-state index contributed by atoms with van der Waals surface area (Å²) in [5.41, 5.74) is 6.65. The topological polar surface area (TPSA) is 76.3 Å². The minimum atomic E-state index is -3.61. The lowest BCUT2D eigenvalue weighted by molar-refractivity contribution is 0.464. The summed E-state index contributed by atoms with van der Waals surface area (Å²) < 4.78 is 26.6.